The number of nitrogen functional groups attached to an aromatic ring is 1. The Morgan fingerprint density at radius 3 is 2.89 bits per heavy atom. The molecule has 1 aliphatic rings. The maximum absolute atomic E-state index is 12.0. The molecule has 0 aliphatic heterocycles. The molecule has 2 unspecified atom stereocenters. The van der Waals surface area contributed by atoms with Crippen molar-refractivity contribution < 1.29 is 9.90 Å². The van der Waals surface area contributed by atoms with E-state index in [9.17, 15) is 9.90 Å². The number of anilines is 1. The van der Waals surface area contributed by atoms with Crippen LogP contribution in [0.1, 0.15) is 42.5 Å². The van der Waals surface area contributed by atoms with Gasteiger partial charge in [-0.1, -0.05) is 19.3 Å². The molecule has 0 radical (unpaired) electrons. The highest BCUT2D eigenvalue weighted by atomic mass is 16.3. The van der Waals surface area contributed by atoms with Crippen molar-refractivity contribution in [3.63, 3.8) is 0 Å². The van der Waals surface area contributed by atoms with Crippen molar-refractivity contribution in [2.45, 2.75) is 44.2 Å². The SMILES string of the molecule is Cn1ncc(C(=O)NC2CCCCCC2O)c1N. The highest BCUT2D eigenvalue weighted by molar-refractivity contribution is 5.98. The lowest BCUT2D eigenvalue weighted by Crippen LogP contribution is -2.42. The highest BCUT2D eigenvalue weighted by Crippen LogP contribution is 2.19. The van der Waals surface area contributed by atoms with E-state index < -0.39 is 6.10 Å². The Balaban J connectivity index is 2.04. The first-order valence-electron chi connectivity index (χ1n) is 6.36. The largest absolute Gasteiger partial charge is 0.391 e. The molecule has 100 valence electrons. The van der Waals surface area contributed by atoms with E-state index in [0.717, 1.165) is 32.1 Å². The van der Waals surface area contributed by atoms with Crippen LogP contribution in [0.3, 0.4) is 0 Å². The predicted molar refractivity (Wildman–Crippen MR) is 68.0 cm³/mol. The molecule has 0 aromatic carbocycles. The van der Waals surface area contributed by atoms with E-state index in [4.69, 9.17) is 5.73 Å². The zero-order valence-electron chi connectivity index (χ0n) is 10.6. The summed E-state index contributed by atoms with van der Waals surface area (Å²) >= 11 is 0. The number of carbonyl (C=O) groups is 1. The van der Waals surface area contributed by atoms with Crippen LogP contribution < -0.4 is 11.1 Å². The molecular formula is C12H20N4O2. The van der Waals surface area contributed by atoms with Crippen LogP contribution in [0.5, 0.6) is 0 Å². The fraction of sp³-hybridized carbons (Fsp3) is 0.667. The number of aliphatic hydroxyl groups is 1. The summed E-state index contributed by atoms with van der Waals surface area (Å²) in [6.45, 7) is 0. The van der Waals surface area contributed by atoms with Gasteiger partial charge in [0.05, 0.1) is 18.3 Å². The lowest BCUT2D eigenvalue weighted by atomic mass is 10.1. The van der Waals surface area contributed by atoms with E-state index in [1.807, 2.05) is 0 Å². The molecule has 1 heterocycles. The van der Waals surface area contributed by atoms with Crippen molar-refractivity contribution in [3.05, 3.63) is 11.8 Å². The van der Waals surface area contributed by atoms with Crippen LogP contribution in [0.2, 0.25) is 0 Å². The van der Waals surface area contributed by atoms with Gasteiger partial charge in [0.15, 0.2) is 0 Å². The van der Waals surface area contributed by atoms with Gasteiger partial charge >= 0.3 is 0 Å². The Bertz CT molecular complexity index is 430. The normalized spacial score (nSPS) is 24.6. The van der Waals surface area contributed by atoms with E-state index in [1.165, 1.54) is 10.9 Å². The highest BCUT2D eigenvalue weighted by Gasteiger charge is 2.25. The van der Waals surface area contributed by atoms with Crippen molar-refractivity contribution in [1.29, 1.82) is 0 Å². The van der Waals surface area contributed by atoms with Gasteiger partial charge in [0.2, 0.25) is 0 Å². The monoisotopic (exact) mass is 252 g/mol. The summed E-state index contributed by atoms with van der Waals surface area (Å²) in [4.78, 5) is 12.0. The molecular weight excluding hydrogens is 232 g/mol. The first-order valence-corrected chi connectivity index (χ1v) is 6.36. The van der Waals surface area contributed by atoms with E-state index in [-0.39, 0.29) is 11.9 Å². The van der Waals surface area contributed by atoms with Crippen LogP contribution >= 0.6 is 0 Å². The van der Waals surface area contributed by atoms with Crippen LogP contribution in [0.4, 0.5) is 5.82 Å². The van der Waals surface area contributed by atoms with Gasteiger partial charge in [-0.05, 0) is 12.8 Å². The van der Waals surface area contributed by atoms with E-state index >= 15 is 0 Å². The average molecular weight is 252 g/mol. The van der Waals surface area contributed by atoms with Crippen molar-refractivity contribution in [2.24, 2.45) is 7.05 Å². The number of hydrogen-bond acceptors (Lipinski definition) is 4. The molecule has 2 atom stereocenters. The summed E-state index contributed by atoms with van der Waals surface area (Å²) in [5, 5.41) is 16.7. The van der Waals surface area contributed by atoms with Crippen molar-refractivity contribution in [3.8, 4) is 0 Å². The van der Waals surface area contributed by atoms with Crippen LogP contribution in [-0.2, 0) is 7.05 Å². The van der Waals surface area contributed by atoms with Gasteiger partial charge in [0, 0.05) is 7.05 Å². The van der Waals surface area contributed by atoms with Crippen LogP contribution in [0.25, 0.3) is 0 Å². The zero-order chi connectivity index (χ0) is 13.1. The number of carbonyl (C=O) groups excluding carboxylic acids is 1. The van der Waals surface area contributed by atoms with Gasteiger partial charge in [-0.2, -0.15) is 5.10 Å². The summed E-state index contributed by atoms with van der Waals surface area (Å²) in [6, 6.07) is -0.181. The molecule has 6 heteroatoms. The Kier molecular flexibility index (Phi) is 3.86. The second kappa shape index (κ2) is 5.39. The second-order valence-corrected chi connectivity index (χ2v) is 4.85. The van der Waals surface area contributed by atoms with Gasteiger partial charge in [-0.25, -0.2) is 0 Å². The summed E-state index contributed by atoms with van der Waals surface area (Å²) in [7, 11) is 1.69. The third kappa shape index (κ3) is 2.64. The van der Waals surface area contributed by atoms with Crippen LogP contribution in [0.15, 0.2) is 6.20 Å². The molecule has 1 aliphatic carbocycles. The first kappa shape index (κ1) is 12.9. The standard InChI is InChI=1S/C12H20N4O2/c1-16-11(13)8(7-14-16)12(18)15-9-5-3-2-4-6-10(9)17/h7,9-10,17H,2-6,13H2,1H3,(H,15,18). The number of aliphatic hydroxyl groups excluding tert-OH is 1. The average Bonchev–Trinajstić information content (AvgIpc) is 2.55. The molecule has 1 fully saturated rings. The summed E-state index contributed by atoms with van der Waals surface area (Å²) in [5.41, 5.74) is 6.12. The number of aromatic nitrogens is 2. The second-order valence-electron chi connectivity index (χ2n) is 4.85. The number of nitrogens with zero attached hydrogens (tertiary/aromatic N) is 2. The number of amides is 1. The number of nitrogens with two attached hydrogens (primary N) is 1. The quantitative estimate of drug-likeness (QED) is 0.665. The minimum Gasteiger partial charge on any atom is -0.391 e. The number of nitrogens with one attached hydrogen (secondary N) is 1. The molecule has 2 rings (SSSR count). The molecule has 18 heavy (non-hydrogen) atoms. The van der Waals surface area contributed by atoms with Gasteiger partial charge in [-0.15, -0.1) is 0 Å². The Labute approximate surface area is 106 Å². The topological polar surface area (TPSA) is 93.2 Å². The summed E-state index contributed by atoms with van der Waals surface area (Å²) in [5.74, 6) is 0.0853. The molecule has 0 bridgehead atoms. The summed E-state index contributed by atoms with van der Waals surface area (Å²) in [6.07, 6.45) is 5.70. The molecule has 0 spiro atoms. The van der Waals surface area contributed by atoms with E-state index in [0.29, 0.717) is 11.4 Å². The van der Waals surface area contributed by atoms with Gasteiger partial charge in [0.25, 0.3) is 5.91 Å². The van der Waals surface area contributed by atoms with Gasteiger partial charge < -0.3 is 16.2 Å². The maximum Gasteiger partial charge on any atom is 0.256 e. The molecule has 1 saturated carbocycles. The van der Waals surface area contributed by atoms with E-state index in [1.54, 1.807) is 7.05 Å². The number of rotatable bonds is 2. The number of aryl methyl sites for hydroxylation is 1. The molecule has 1 amide bonds. The van der Waals surface area contributed by atoms with Crippen LogP contribution in [0, 0.1) is 0 Å². The van der Waals surface area contributed by atoms with Gasteiger partial charge in [-0.3, -0.25) is 9.48 Å². The first-order chi connectivity index (χ1) is 8.59. The zero-order valence-corrected chi connectivity index (χ0v) is 10.6. The minimum absolute atomic E-state index is 0.181. The molecule has 0 saturated heterocycles. The van der Waals surface area contributed by atoms with Crippen molar-refractivity contribution in [1.82, 2.24) is 15.1 Å². The molecule has 6 nitrogen and oxygen atoms in total. The number of hydrogen-bond donors (Lipinski definition) is 3. The Hall–Kier alpha value is -1.56. The molecule has 1 aromatic heterocycles. The van der Waals surface area contributed by atoms with Gasteiger partial charge in [0.1, 0.15) is 11.4 Å². The Morgan fingerprint density at radius 1 is 1.50 bits per heavy atom. The lowest BCUT2D eigenvalue weighted by Gasteiger charge is -2.21. The molecule has 1 aromatic rings. The fourth-order valence-electron chi connectivity index (χ4n) is 2.32. The smallest absolute Gasteiger partial charge is 0.256 e. The third-order valence-electron chi connectivity index (χ3n) is 3.53. The minimum atomic E-state index is -0.464. The predicted octanol–water partition coefficient (Wildman–Crippen LogP) is 0.426. The molecule has 4 N–H and O–H groups in total. The fourth-order valence-corrected chi connectivity index (χ4v) is 2.32. The van der Waals surface area contributed by atoms with Crippen molar-refractivity contribution in [2.75, 3.05) is 5.73 Å². The van der Waals surface area contributed by atoms with Crippen LogP contribution in [-0.4, -0.2) is 32.9 Å². The lowest BCUT2D eigenvalue weighted by molar-refractivity contribution is 0.0819. The Morgan fingerprint density at radius 2 is 2.22 bits per heavy atom. The summed E-state index contributed by atoms with van der Waals surface area (Å²) < 4.78 is 1.46. The van der Waals surface area contributed by atoms with Crippen molar-refractivity contribution >= 4 is 11.7 Å². The maximum atomic E-state index is 12.0. The third-order valence-corrected chi connectivity index (χ3v) is 3.53. The van der Waals surface area contributed by atoms with E-state index in [2.05, 4.69) is 10.4 Å².